The molecule has 1 aliphatic carbocycles. The fourth-order valence-corrected chi connectivity index (χ4v) is 4.27. The zero-order valence-electron chi connectivity index (χ0n) is 13.7. The number of hydrogen-bond donors (Lipinski definition) is 1. The van der Waals surface area contributed by atoms with Crippen LogP contribution in [0.15, 0.2) is 24.3 Å². The number of benzene rings is 1. The van der Waals surface area contributed by atoms with Crippen LogP contribution in [0.25, 0.3) is 0 Å². The summed E-state index contributed by atoms with van der Waals surface area (Å²) in [6.45, 7) is 2.27. The summed E-state index contributed by atoms with van der Waals surface area (Å²) >= 11 is 1.53. The Morgan fingerprint density at radius 1 is 1.17 bits per heavy atom. The van der Waals surface area contributed by atoms with Crippen molar-refractivity contribution in [3.8, 4) is 0 Å². The van der Waals surface area contributed by atoms with Crippen LogP contribution in [0.1, 0.15) is 41.3 Å². The van der Waals surface area contributed by atoms with Gasteiger partial charge in [-0.15, -0.1) is 10.2 Å². The lowest BCUT2D eigenvalue weighted by Crippen LogP contribution is -2.35. The molecule has 24 heavy (non-hydrogen) atoms. The smallest absolute Gasteiger partial charge is 0.240 e. The average Bonchev–Trinajstić information content (AvgIpc) is 2.86. The average molecular weight is 342 g/mol. The fourth-order valence-electron chi connectivity index (χ4n) is 3.34. The van der Waals surface area contributed by atoms with Crippen molar-refractivity contribution in [2.24, 2.45) is 0 Å². The van der Waals surface area contributed by atoms with E-state index in [-0.39, 0.29) is 5.91 Å². The van der Waals surface area contributed by atoms with Crippen LogP contribution in [-0.4, -0.2) is 40.6 Å². The normalized spacial score (nSPS) is 18.5. The zero-order chi connectivity index (χ0) is 16.4. The van der Waals surface area contributed by atoms with Crippen molar-refractivity contribution in [2.45, 2.75) is 38.0 Å². The summed E-state index contributed by atoms with van der Waals surface area (Å²) in [6, 6.07) is 8.58. The van der Waals surface area contributed by atoms with Gasteiger partial charge in [-0.3, -0.25) is 15.0 Å². The zero-order valence-corrected chi connectivity index (χ0v) is 14.5. The van der Waals surface area contributed by atoms with Gasteiger partial charge in [0.05, 0.1) is 6.54 Å². The topological polar surface area (TPSA) is 58.1 Å². The third-order valence-electron chi connectivity index (χ3n) is 5.02. The van der Waals surface area contributed by atoms with E-state index in [1.165, 1.54) is 41.7 Å². The molecule has 126 valence electrons. The van der Waals surface area contributed by atoms with E-state index in [4.69, 9.17) is 0 Å². The number of hydrogen-bond acceptors (Lipinski definition) is 5. The maximum Gasteiger partial charge on any atom is 0.240 e. The minimum atomic E-state index is 0.0114. The quantitative estimate of drug-likeness (QED) is 0.928. The van der Waals surface area contributed by atoms with E-state index in [1.54, 1.807) is 0 Å². The number of amides is 1. The van der Waals surface area contributed by atoms with Crippen LogP contribution in [-0.2, 0) is 17.6 Å². The van der Waals surface area contributed by atoms with E-state index >= 15 is 0 Å². The van der Waals surface area contributed by atoms with Crippen molar-refractivity contribution in [3.05, 3.63) is 40.4 Å². The number of fused-ring (bicyclic) bond motifs is 1. The Balaban J connectivity index is 1.31. The molecule has 2 aromatic rings. The van der Waals surface area contributed by atoms with Crippen molar-refractivity contribution in [1.82, 2.24) is 15.1 Å². The first kappa shape index (κ1) is 15.7. The minimum Gasteiger partial charge on any atom is -0.299 e. The molecule has 0 saturated heterocycles. The molecule has 0 spiro atoms. The number of rotatable bonds is 4. The SMILES string of the molecule is O=C(CN1CCc2ccccc2CC1)Nc1nnc(C2CCC2)s1. The Hall–Kier alpha value is -1.79. The maximum atomic E-state index is 12.3. The highest BCUT2D eigenvalue weighted by Crippen LogP contribution is 2.38. The third-order valence-corrected chi connectivity index (χ3v) is 6.02. The summed E-state index contributed by atoms with van der Waals surface area (Å²) < 4.78 is 0. The first-order valence-electron chi connectivity index (χ1n) is 8.70. The number of nitrogens with one attached hydrogen (secondary N) is 1. The lowest BCUT2D eigenvalue weighted by molar-refractivity contribution is -0.117. The Labute approximate surface area is 146 Å². The van der Waals surface area contributed by atoms with Gasteiger partial charge in [0.2, 0.25) is 11.0 Å². The number of anilines is 1. The van der Waals surface area contributed by atoms with Crippen molar-refractivity contribution in [1.29, 1.82) is 0 Å². The molecule has 1 aromatic heterocycles. The van der Waals surface area contributed by atoms with E-state index < -0.39 is 0 Å². The second-order valence-electron chi connectivity index (χ2n) is 6.67. The molecular weight excluding hydrogens is 320 g/mol. The third kappa shape index (κ3) is 3.49. The summed E-state index contributed by atoms with van der Waals surface area (Å²) in [5.41, 5.74) is 2.82. The largest absolute Gasteiger partial charge is 0.299 e. The van der Waals surface area contributed by atoms with E-state index in [0.717, 1.165) is 30.9 Å². The standard InChI is InChI=1S/C18H22N4OS/c23-16(19-18-21-20-17(24-18)15-6-3-7-15)12-22-10-8-13-4-1-2-5-14(13)9-11-22/h1-2,4-5,15H,3,6-12H2,(H,19,21,23). The molecule has 2 aliphatic rings. The first-order valence-corrected chi connectivity index (χ1v) is 9.52. The number of carbonyl (C=O) groups excluding carboxylic acids is 1. The predicted octanol–water partition coefficient (Wildman–Crippen LogP) is 2.84. The molecule has 0 bridgehead atoms. The van der Waals surface area contributed by atoms with E-state index in [9.17, 15) is 4.79 Å². The van der Waals surface area contributed by atoms with Gasteiger partial charge in [-0.1, -0.05) is 42.0 Å². The van der Waals surface area contributed by atoms with Gasteiger partial charge in [-0.05, 0) is 36.8 Å². The van der Waals surface area contributed by atoms with Crippen LogP contribution in [0.4, 0.5) is 5.13 Å². The Morgan fingerprint density at radius 3 is 2.50 bits per heavy atom. The lowest BCUT2D eigenvalue weighted by atomic mass is 9.86. The number of nitrogens with zero attached hydrogens (tertiary/aromatic N) is 3. The van der Waals surface area contributed by atoms with Crippen LogP contribution in [0.2, 0.25) is 0 Å². The Kier molecular flexibility index (Phi) is 4.58. The highest BCUT2D eigenvalue weighted by atomic mass is 32.1. The van der Waals surface area contributed by atoms with Crippen molar-refractivity contribution < 1.29 is 4.79 Å². The van der Waals surface area contributed by atoms with Gasteiger partial charge in [0.15, 0.2) is 0 Å². The van der Waals surface area contributed by atoms with E-state index in [0.29, 0.717) is 17.6 Å². The minimum absolute atomic E-state index is 0.0114. The number of carbonyl (C=O) groups is 1. The van der Waals surface area contributed by atoms with Crippen molar-refractivity contribution in [2.75, 3.05) is 25.0 Å². The molecule has 0 unspecified atom stereocenters. The Bertz CT molecular complexity index is 698. The van der Waals surface area contributed by atoms with Crippen LogP contribution >= 0.6 is 11.3 Å². The molecule has 2 heterocycles. The van der Waals surface area contributed by atoms with Gasteiger partial charge in [-0.2, -0.15) is 0 Å². The first-order chi connectivity index (χ1) is 11.8. The van der Waals surface area contributed by atoms with E-state index in [2.05, 4.69) is 44.7 Å². The lowest BCUT2D eigenvalue weighted by Gasteiger charge is -2.21. The molecule has 1 saturated carbocycles. The Morgan fingerprint density at radius 2 is 1.88 bits per heavy atom. The van der Waals surface area contributed by atoms with Crippen LogP contribution in [0.3, 0.4) is 0 Å². The molecule has 1 N–H and O–H groups in total. The second-order valence-corrected chi connectivity index (χ2v) is 7.68. The van der Waals surface area contributed by atoms with Gasteiger partial charge in [0.1, 0.15) is 5.01 Å². The van der Waals surface area contributed by atoms with Crippen LogP contribution < -0.4 is 5.32 Å². The molecule has 1 aliphatic heterocycles. The summed E-state index contributed by atoms with van der Waals surface area (Å²) in [4.78, 5) is 14.5. The molecule has 5 nitrogen and oxygen atoms in total. The van der Waals surface area contributed by atoms with Gasteiger partial charge >= 0.3 is 0 Å². The number of aromatic nitrogens is 2. The molecule has 1 aromatic carbocycles. The van der Waals surface area contributed by atoms with E-state index in [1.807, 2.05) is 0 Å². The highest BCUT2D eigenvalue weighted by molar-refractivity contribution is 7.15. The summed E-state index contributed by atoms with van der Waals surface area (Å²) in [5.74, 6) is 0.578. The molecule has 6 heteroatoms. The maximum absolute atomic E-state index is 12.3. The molecular formula is C18H22N4OS. The molecule has 0 radical (unpaired) electrons. The highest BCUT2D eigenvalue weighted by Gasteiger charge is 2.24. The van der Waals surface area contributed by atoms with Gasteiger partial charge < -0.3 is 0 Å². The van der Waals surface area contributed by atoms with Crippen LogP contribution in [0, 0.1) is 0 Å². The monoisotopic (exact) mass is 342 g/mol. The van der Waals surface area contributed by atoms with Crippen molar-refractivity contribution >= 4 is 22.4 Å². The summed E-state index contributed by atoms with van der Waals surface area (Å²) in [5, 5.41) is 13.0. The predicted molar refractivity (Wildman–Crippen MR) is 95.4 cm³/mol. The molecule has 4 rings (SSSR count). The molecule has 1 fully saturated rings. The van der Waals surface area contributed by atoms with Crippen LogP contribution in [0.5, 0.6) is 0 Å². The van der Waals surface area contributed by atoms with Gasteiger partial charge in [0, 0.05) is 19.0 Å². The molecule has 1 amide bonds. The van der Waals surface area contributed by atoms with Gasteiger partial charge in [-0.25, -0.2) is 0 Å². The van der Waals surface area contributed by atoms with Crippen molar-refractivity contribution in [3.63, 3.8) is 0 Å². The summed E-state index contributed by atoms with van der Waals surface area (Å²) in [6.07, 6.45) is 5.71. The fraction of sp³-hybridized carbons (Fsp3) is 0.500. The second kappa shape index (κ2) is 6.99. The molecule has 0 atom stereocenters. The summed E-state index contributed by atoms with van der Waals surface area (Å²) in [7, 11) is 0. The van der Waals surface area contributed by atoms with Gasteiger partial charge in [0.25, 0.3) is 0 Å².